The van der Waals surface area contributed by atoms with Crippen LogP contribution < -0.4 is 9.47 Å². The lowest BCUT2D eigenvalue weighted by Gasteiger charge is -2.04. The summed E-state index contributed by atoms with van der Waals surface area (Å²) in [5.74, 6) is 1.65. The van der Waals surface area contributed by atoms with E-state index in [1.54, 1.807) is 0 Å². The van der Waals surface area contributed by atoms with Gasteiger partial charge in [0.15, 0.2) is 11.5 Å². The van der Waals surface area contributed by atoms with Crippen molar-refractivity contribution >= 4 is 15.9 Å². The number of hydrogen-bond acceptors (Lipinski definition) is 3. The minimum atomic E-state index is 0.325. The van der Waals surface area contributed by atoms with E-state index in [0.29, 0.717) is 12.9 Å². The molecule has 0 aliphatic carbocycles. The Labute approximate surface area is 90.1 Å². The Bertz CT molecular complexity index is 374. The van der Waals surface area contributed by atoms with Crippen molar-refractivity contribution in [2.24, 2.45) is 0 Å². The molecular formula is C10H9BrO3. The fourth-order valence-corrected chi connectivity index (χ4v) is 2.03. The van der Waals surface area contributed by atoms with Crippen LogP contribution in [0.3, 0.4) is 0 Å². The van der Waals surface area contributed by atoms with E-state index in [9.17, 15) is 0 Å². The predicted molar refractivity (Wildman–Crippen MR) is 53.7 cm³/mol. The van der Waals surface area contributed by atoms with E-state index >= 15 is 0 Å². The average molecular weight is 257 g/mol. The Kier molecular flexibility index (Phi) is 1.92. The first-order valence-corrected chi connectivity index (χ1v) is 5.32. The van der Waals surface area contributed by atoms with Crippen molar-refractivity contribution in [2.75, 3.05) is 13.4 Å². The van der Waals surface area contributed by atoms with Gasteiger partial charge in [-0.05, 0) is 17.7 Å². The molecule has 14 heavy (non-hydrogen) atoms. The number of rotatable bonds is 2. The molecule has 0 saturated carbocycles. The van der Waals surface area contributed by atoms with E-state index in [1.165, 1.54) is 5.56 Å². The lowest BCUT2D eigenvalue weighted by atomic mass is 10.1. The van der Waals surface area contributed by atoms with Gasteiger partial charge in [-0.3, -0.25) is 0 Å². The van der Waals surface area contributed by atoms with Crippen LogP contribution >= 0.6 is 15.9 Å². The predicted octanol–water partition coefficient (Wildman–Crippen LogP) is 2.12. The van der Waals surface area contributed by atoms with Gasteiger partial charge in [-0.1, -0.05) is 15.9 Å². The van der Waals surface area contributed by atoms with Crippen LogP contribution in [-0.4, -0.2) is 19.5 Å². The fourth-order valence-electron chi connectivity index (χ4n) is 1.55. The zero-order chi connectivity index (χ0) is 9.54. The van der Waals surface area contributed by atoms with Crippen molar-refractivity contribution in [3.63, 3.8) is 0 Å². The number of epoxide rings is 1. The van der Waals surface area contributed by atoms with E-state index in [0.717, 1.165) is 29.0 Å². The Morgan fingerprint density at radius 3 is 2.71 bits per heavy atom. The minimum Gasteiger partial charge on any atom is -0.454 e. The van der Waals surface area contributed by atoms with Gasteiger partial charge in [0.25, 0.3) is 0 Å². The zero-order valence-electron chi connectivity index (χ0n) is 7.46. The Balaban J connectivity index is 1.94. The van der Waals surface area contributed by atoms with E-state index < -0.39 is 0 Å². The third kappa shape index (κ3) is 1.48. The van der Waals surface area contributed by atoms with Crippen LogP contribution in [0.5, 0.6) is 11.5 Å². The molecule has 2 heterocycles. The summed E-state index contributed by atoms with van der Waals surface area (Å²) in [6.07, 6.45) is 1.34. The molecular weight excluding hydrogens is 248 g/mol. The first kappa shape index (κ1) is 8.56. The molecule has 0 amide bonds. The standard InChI is InChI=1S/C10H9BrO3/c11-8-3-10-9(13-5-14-10)2-6(8)1-7-4-12-7/h2-3,7H,1,4-5H2. The van der Waals surface area contributed by atoms with Crippen LogP contribution in [0.4, 0.5) is 0 Å². The third-order valence-electron chi connectivity index (χ3n) is 2.39. The monoisotopic (exact) mass is 256 g/mol. The highest BCUT2D eigenvalue weighted by atomic mass is 79.9. The Morgan fingerprint density at radius 2 is 2.00 bits per heavy atom. The Morgan fingerprint density at radius 1 is 1.29 bits per heavy atom. The largest absolute Gasteiger partial charge is 0.454 e. The van der Waals surface area contributed by atoms with Crippen LogP contribution in [0.2, 0.25) is 0 Å². The molecule has 1 atom stereocenters. The van der Waals surface area contributed by atoms with Gasteiger partial charge in [-0.2, -0.15) is 0 Å². The van der Waals surface area contributed by atoms with Gasteiger partial charge in [0.2, 0.25) is 6.79 Å². The molecule has 0 radical (unpaired) electrons. The van der Waals surface area contributed by atoms with E-state index in [-0.39, 0.29) is 0 Å². The number of ether oxygens (including phenoxy) is 3. The first-order chi connectivity index (χ1) is 6.83. The zero-order valence-corrected chi connectivity index (χ0v) is 9.04. The summed E-state index contributed by atoms with van der Waals surface area (Å²) < 4.78 is 16.8. The smallest absolute Gasteiger partial charge is 0.231 e. The molecule has 4 heteroatoms. The topological polar surface area (TPSA) is 31.0 Å². The van der Waals surface area contributed by atoms with Crippen molar-refractivity contribution in [3.05, 3.63) is 22.2 Å². The van der Waals surface area contributed by atoms with Gasteiger partial charge in [0.05, 0.1) is 12.7 Å². The summed E-state index contributed by atoms with van der Waals surface area (Å²) in [5.41, 5.74) is 1.22. The van der Waals surface area contributed by atoms with Gasteiger partial charge in [-0.15, -0.1) is 0 Å². The number of benzene rings is 1. The first-order valence-electron chi connectivity index (χ1n) is 4.52. The van der Waals surface area contributed by atoms with Crippen molar-refractivity contribution in [2.45, 2.75) is 12.5 Å². The number of halogens is 1. The van der Waals surface area contributed by atoms with Crippen molar-refractivity contribution < 1.29 is 14.2 Å². The van der Waals surface area contributed by atoms with Gasteiger partial charge in [0, 0.05) is 10.9 Å². The molecule has 1 unspecified atom stereocenters. The SMILES string of the molecule is Brc1cc2c(cc1CC1CO1)OCO2. The van der Waals surface area contributed by atoms with Crippen molar-refractivity contribution in [3.8, 4) is 11.5 Å². The van der Waals surface area contributed by atoms with Crippen LogP contribution in [0.25, 0.3) is 0 Å². The maximum absolute atomic E-state index is 5.31. The summed E-state index contributed by atoms with van der Waals surface area (Å²) in [6.45, 7) is 1.20. The molecule has 1 aromatic carbocycles. The molecule has 3 nitrogen and oxygen atoms in total. The number of fused-ring (bicyclic) bond motifs is 1. The van der Waals surface area contributed by atoms with Crippen LogP contribution in [-0.2, 0) is 11.2 Å². The van der Waals surface area contributed by atoms with Gasteiger partial charge in [0.1, 0.15) is 0 Å². The molecule has 2 aliphatic heterocycles. The number of hydrogen-bond donors (Lipinski definition) is 0. The van der Waals surface area contributed by atoms with E-state index in [2.05, 4.69) is 15.9 Å². The van der Waals surface area contributed by atoms with Crippen molar-refractivity contribution in [1.82, 2.24) is 0 Å². The second kappa shape index (κ2) is 3.14. The molecule has 0 bridgehead atoms. The summed E-state index contributed by atoms with van der Waals surface area (Å²) in [4.78, 5) is 0. The second-order valence-electron chi connectivity index (χ2n) is 3.46. The van der Waals surface area contributed by atoms with Gasteiger partial charge >= 0.3 is 0 Å². The summed E-state index contributed by atoms with van der Waals surface area (Å²) >= 11 is 3.52. The van der Waals surface area contributed by atoms with E-state index in [4.69, 9.17) is 14.2 Å². The highest BCUT2D eigenvalue weighted by Crippen LogP contribution is 2.38. The molecule has 1 fully saturated rings. The molecule has 0 aromatic heterocycles. The quantitative estimate of drug-likeness (QED) is 0.760. The highest BCUT2D eigenvalue weighted by molar-refractivity contribution is 9.10. The molecule has 1 aromatic rings. The fraction of sp³-hybridized carbons (Fsp3) is 0.400. The van der Waals surface area contributed by atoms with Crippen molar-refractivity contribution in [1.29, 1.82) is 0 Å². The second-order valence-corrected chi connectivity index (χ2v) is 4.31. The molecule has 0 N–H and O–H groups in total. The lowest BCUT2D eigenvalue weighted by molar-refractivity contribution is 0.174. The molecule has 1 saturated heterocycles. The Hall–Kier alpha value is -0.740. The molecule has 3 rings (SSSR count). The van der Waals surface area contributed by atoms with Crippen LogP contribution in [0.1, 0.15) is 5.56 Å². The van der Waals surface area contributed by atoms with Gasteiger partial charge in [-0.25, -0.2) is 0 Å². The summed E-state index contributed by atoms with van der Waals surface area (Å²) in [6, 6.07) is 3.98. The van der Waals surface area contributed by atoms with Crippen LogP contribution in [0, 0.1) is 0 Å². The summed E-state index contributed by atoms with van der Waals surface area (Å²) in [7, 11) is 0. The third-order valence-corrected chi connectivity index (χ3v) is 3.13. The maximum atomic E-state index is 5.31. The average Bonchev–Trinajstić information content (AvgIpc) is 2.85. The molecule has 2 aliphatic rings. The summed E-state index contributed by atoms with van der Waals surface area (Å²) in [5, 5.41) is 0. The lowest BCUT2D eigenvalue weighted by Crippen LogP contribution is -1.94. The highest BCUT2D eigenvalue weighted by Gasteiger charge is 2.25. The normalized spacial score (nSPS) is 22.5. The minimum absolute atomic E-state index is 0.325. The van der Waals surface area contributed by atoms with Crippen LogP contribution in [0.15, 0.2) is 16.6 Å². The molecule has 0 spiro atoms. The van der Waals surface area contributed by atoms with E-state index in [1.807, 2.05) is 12.1 Å². The molecule has 74 valence electrons. The van der Waals surface area contributed by atoms with Gasteiger partial charge < -0.3 is 14.2 Å². The maximum Gasteiger partial charge on any atom is 0.231 e.